The highest BCUT2D eigenvalue weighted by atomic mass is 19.1. The maximum atomic E-state index is 15.5. The van der Waals surface area contributed by atoms with Gasteiger partial charge in [0.2, 0.25) is 5.91 Å². The average Bonchev–Trinajstić information content (AvgIpc) is 3.49. The summed E-state index contributed by atoms with van der Waals surface area (Å²) in [5, 5.41) is 7.02. The van der Waals surface area contributed by atoms with Gasteiger partial charge in [0, 0.05) is 42.4 Å². The molecule has 0 atom stereocenters. The number of rotatable bonds is 7. The Morgan fingerprint density at radius 2 is 2.13 bits per heavy atom. The molecule has 2 aliphatic carbocycles. The second kappa shape index (κ2) is 8.05. The number of aromatic amines is 1. The highest BCUT2D eigenvalue weighted by molar-refractivity contribution is 6.02. The minimum atomic E-state index is -0.194. The van der Waals surface area contributed by atoms with Crippen LogP contribution in [0, 0.1) is 11.7 Å². The van der Waals surface area contributed by atoms with Gasteiger partial charge in [0.1, 0.15) is 5.82 Å². The van der Waals surface area contributed by atoms with Gasteiger partial charge in [0.15, 0.2) is 5.82 Å². The molecule has 2 aromatic heterocycles. The number of aromatic nitrogens is 2. The third kappa shape index (κ3) is 3.72. The summed E-state index contributed by atoms with van der Waals surface area (Å²) in [6, 6.07) is 7.52. The van der Waals surface area contributed by atoms with E-state index in [1.165, 1.54) is 0 Å². The van der Waals surface area contributed by atoms with Crippen LogP contribution in [0.25, 0.3) is 22.2 Å². The van der Waals surface area contributed by atoms with Gasteiger partial charge in [-0.2, -0.15) is 0 Å². The average molecular weight is 423 g/mol. The molecule has 0 saturated heterocycles. The predicted octanol–water partition coefficient (Wildman–Crippen LogP) is 4.33. The molecule has 7 heteroatoms. The van der Waals surface area contributed by atoms with Crippen LogP contribution in [0.2, 0.25) is 0 Å². The van der Waals surface area contributed by atoms with Gasteiger partial charge < -0.3 is 20.4 Å². The van der Waals surface area contributed by atoms with Crippen molar-refractivity contribution in [3.05, 3.63) is 47.4 Å². The van der Waals surface area contributed by atoms with Crippen LogP contribution in [0.15, 0.2) is 30.5 Å². The smallest absolute Gasteiger partial charge is 0.228 e. The second-order valence-corrected chi connectivity index (χ2v) is 8.63. The van der Waals surface area contributed by atoms with E-state index in [-0.39, 0.29) is 29.7 Å². The Bertz CT molecular complexity index is 1130. The number of fused-ring (bicyclic) bond motifs is 1. The van der Waals surface area contributed by atoms with Crippen molar-refractivity contribution in [1.82, 2.24) is 15.3 Å². The van der Waals surface area contributed by atoms with E-state index in [9.17, 15) is 4.79 Å². The highest BCUT2D eigenvalue weighted by Crippen LogP contribution is 2.42. The third-order valence-electron chi connectivity index (χ3n) is 6.49. The fourth-order valence-electron chi connectivity index (χ4n) is 4.39. The number of anilines is 1. The summed E-state index contributed by atoms with van der Waals surface area (Å²) in [6.45, 7) is 0.626. The fourth-order valence-corrected chi connectivity index (χ4v) is 4.39. The summed E-state index contributed by atoms with van der Waals surface area (Å²) in [6.07, 6.45) is 5.52. The molecule has 1 aromatic carbocycles. The molecular formula is C24H27FN4O2. The first-order chi connectivity index (χ1) is 15.1. The van der Waals surface area contributed by atoms with E-state index in [0.717, 1.165) is 47.7 Å². The molecule has 3 aromatic rings. The number of methoxy groups -OCH3 is 1. The molecule has 2 saturated carbocycles. The number of hydrogen-bond donors (Lipinski definition) is 3. The summed E-state index contributed by atoms with van der Waals surface area (Å²) in [5.74, 6) is 0.564. The maximum absolute atomic E-state index is 15.5. The lowest BCUT2D eigenvalue weighted by atomic mass is 9.77. The van der Waals surface area contributed by atoms with Crippen molar-refractivity contribution in [2.75, 3.05) is 19.5 Å². The summed E-state index contributed by atoms with van der Waals surface area (Å²) < 4.78 is 20.9. The van der Waals surface area contributed by atoms with Crippen molar-refractivity contribution in [2.45, 2.75) is 44.2 Å². The molecule has 0 spiro atoms. The number of halogens is 1. The molecule has 6 nitrogen and oxygen atoms in total. The van der Waals surface area contributed by atoms with Crippen molar-refractivity contribution in [1.29, 1.82) is 0 Å². The zero-order valence-electron chi connectivity index (χ0n) is 17.8. The fraction of sp³-hybridized carbons (Fsp3) is 0.417. The zero-order valence-corrected chi connectivity index (χ0v) is 17.8. The van der Waals surface area contributed by atoms with Gasteiger partial charge in [0.25, 0.3) is 0 Å². The quantitative estimate of drug-likeness (QED) is 0.530. The van der Waals surface area contributed by atoms with Gasteiger partial charge in [-0.25, -0.2) is 9.37 Å². The number of carbonyl (C=O) groups is 1. The molecule has 2 aliphatic rings. The number of nitrogens with zero attached hydrogens (tertiary/aromatic N) is 1. The van der Waals surface area contributed by atoms with Crippen molar-refractivity contribution >= 4 is 22.6 Å². The number of ether oxygens (including phenoxy) is 1. The van der Waals surface area contributed by atoms with E-state index in [1.54, 1.807) is 19.4 Å². The molecule has 0 unspecified atom stereocenters. The molecule has 31 heavy (non-hydrogen) atoms. The highest BCUT2D eigenvalue weighted by Gasteiger charge is 2.33. The van der Waals surface area contributed by atoms with Crippen LogP contribution in [-0.4, -0.2) is 36.1 Å². The molecular weight excluding hydrogens is 395 g/mol. The summed E-state index contributed by atoms with van der Waals surface area (Å²) in [7, 11) is 3.58. The van der Waals surface area contributed by atoms with Gasteiger partial charge in [0.05, 0.1) is 11.6 Å². The molecule has 0 aliphatic heterocycles. The number of nitrogens with one attached hydrogen (secondary N) is 3. The van der Waals surface area contributed by atoms with Crippen molar-refractivity contribution in [3.8, 4) is 11.3 Å². The third-order valence-corrected chi connectivity index (χ3v) is 6.49. The Balaban J connectivity index is 1.54. The zero-order chi connectivity index (χ0) is 21.5. The van der Waals surface area contributed by atoms with Crippen LogP contribution in [-0.2, 0) is 16.1 Å². The van der Waals surface area contributed by atoms with E-state index in [0.29, 0.717) is 23.6 Å². The molecule has 162 valence electrons. The number of hydrogen-bond acceptors (Lipinski definition) is 4. The Morgan fingerprint density at radius 3 is 2.84 bits per heavy atom. The summed E-state index contributed by atoms with van der Waals surface area (Å²) >= 11 is 0. The van der Waals surface area contributed by atoms with Gasteiger partial charge in [-0.3, -0.25) is 4.79 Å². The lowest BCUT2D eigenvalue weighted by Crippen LogP contribution is -2.29. The normalized spacial score (nSPS) is 20.6. The predicted molar refractivity (Wildman–Crippen MR) is 118 cm³/mol. The largest absolute Gasteiger partial charge is 0.381 e. The molecule has 3 N–H and O–H groups in total. The molecule has 0 radical (unpaired) electrons. The van der Waals surface area contributed by atoms with Crippen LogP contribution < -0.4 is 10.6 Å². The van der Waals surface area contributed by atoms with E-state index in [1.807, 2.05) is 25.2 Å². The van der Waals surface area contributed by atoms with E-state index in [4.69, 9.17) is 4.74 Å². The Morgan fingerprint density at radius 1 is 1.32 bits per heavy atom. The van der Waals surface area contributed by atoms with Gasteiger partial charge in [-0.15, -0.1) is 0 Å². The Labute approximate surface area is 180 Å². The summed E-state index contributed by atoms with van der Waals surface area (Å²) in [5.41, 5.74) is 3.67. The van der Waals surface area contributed by atoms with Crippen LogP contribution in [0.3, 0.4) is 0 Å². The van der Waals surface area contributed by atoms with Gasteiger partial charge in [-0.05, 0) is 61.9 Å². The molecule has 5 rings (SSSR count). The van der Waals surface area contributed by atoms with Crippen LogP contribution in [0.5, 0.6) is 0 Å². The number of amides is 1. The van der Waals surface area contributed by atoms with Crippen molar-refractivity contribution < 1.29 is 13.9 Å². The van der Waals surface area contributed by atoms with E-state index >= 15 is 4.39 Å². The van der Waals surface area contributed by atoms with Crippen LogP contribution in [0.1, 0.15) is 42.7 Å². The second-order valence-electron chi connectivity index (χ2n) is 8.63. The van der Waals surface area contributed by atoms with E-state index < -0.39 is 0 Å². The Hall–Kier alpha value is -2.77. The molecule has 2 fully saturated rings. The molecule has 0 bridgehead atoms. The minimum Gasteiger partial charge on any atom is -0.381 e. The van der Waals surface area contributed by atoms with Crippen molar-refractivity contribution in [3.63, 3.8) is 0 Å². The monoisotopic (exact) mass is 422 g/mol. The lowest BCUT2D eigenvalue weighted by Gasteiger charge is -2.34. The standard InChI is InChI=1S/C24H27FN4O2/c1-26-11-15-12-27-23(29-24(30)13-6-7-13)22-19(15)10-20(28-22)18-5-3-4-17(21(18)25)14-8-16(9-14)31-2/h3-5,10,12-14,16,26,28H,6-9,11H2,1-2H3,(H,27,29,30)/t14-,16+. The van der Waals surface area contributed by atoms with Gasteiger partial charge >= 0.3 is 0 Å². The number of carbonyl (C=O) groups excluding carboxylic acids is 1. The number of pyridine rings is 1. The summed E-state index contributed by atoms with van der Waals surface area (Å²) in [4.78, 5) is 20.1. The first-order valence-electron chi connectivity index (χ1n) is 10.9. The van der Waals surface area contributed by atoms with Gasteiger partial charge in [-0.1, -0.05) is 12.1 Å². The van der Waals surface area contributed by atoms with E-state index in [2.05, 4.69) is 20.6 Å². The number of benzene rings is 1. The maximum Gasteiger partial charge on any atom is 0.228 e. The lowest BCUT2D eigenvalue weighted by molar-refractivity contribution is -0.117. The van der Waals surface area contributed by atoms with Crippen LogP contribution in [0.4, 0.5) is 10.2 Å². The minimum absolute atomic E-state index is 0.00262. The molecule has 2 heterocycles. The first-order valence-corrected chi connectivity index (χ1v) is 10.9. The first kappa shape index (κ1) is 20.2. The Kier molecular flexibility index (Phi) is 5.24. The topological polar surface area (TPSA) is 79.0 Å². The van der Waals surface area contributed by atoms with Crippen LogP contribution >= 0.6 is 0 Å². The van der Waals surface area contributed by atoms with Crippen molar-refractivity contribution in [2.24, 2.45) is 5.92 Å². The number of H-pyrrole nitrogens is 1. The SMILES string of the molecule is CNCc1cnc(NC(=O)C2CC2)c2[nH]c(-c3cccc([C@H]4C[C@@H](OC)C4)c3F)cc12. The molecule has 1 amide bonds.